The predicted molar refractivity (Wildman–Crippen MR) is 119 cm³/mol. The van der Waals surface area contributed by atoms with Gasteiger partial charge in [-0.1, -0.05) is 24.3 Å². The Kier molecular flexibility index (Phi) is 5.53. The van der Waals surface area contributed by atoms with Gasteiger partial charge in [-0.3, -0.25) is 9.59 Å². The van der Waals surface area contributed by atoms with Crippen LogP contribution in [0.1, 0.15) is 9.67 Å². The van der Waals surface area contributed by atoms with Gasteiger partial charge in [-0.25, -0.2) is 4.39 Å². The monoisotopic (exact) mass is 452 g/mol. The number of rotatable bonds is 3. The second-order valence-electron chi connectivity index (χ2n) is 7.65. The van der Waals surface area contributed by atoms with Crippen LogP contribution in [0.15, 0.2) is 60.7 Å². The third-order valence-corrected chi connectivity index (χ3v) is 6.73. The Hall–Kier alpha value is -3.39. The number of nitrogens with zero attached hydrogens (tertiary/aromatic N) is 2. The molecule has 164 valence electrons. The molecule has 1 unspecified atom stereocenters. The summed E-state index contributed by atoms with van der Waals surface area (Å²) < 4.78 is 24.6. The smallest absolute Gasteiger partial charge is 0.267 e. The number of hydrogen-bond acceptors (Lipinski definition) is 5. The predicted octanol–water partition coefficient (Wildman–Crippen LogP) is 3.68. The Morgan fingerprint density at radius 3 is 2.31 bits per heavy atom. The average molecular weight is 453 g/mol. The van der Waals surface area contributed by atoms with E-state index in [9.17, 15) is 14.0 Å². The minimum Gasteiger partial charge on any atom is -0.485 e. The number of thiophene rings is 1. The Morgan fingerprint density at radius 2 is 1.56 bits per heavy atom. The molecule has 5 rings (SSSR count). The van der Waals surface area contributed by atoms with E-state index < -0.39 is 6.10 Å². The molecule has 0 saturated carbocycles. The van der Waals surface area contributed by atoms with Crippen LogP contribution in [-0.4, -0.2) is 60.5 Å². The number of ether oxygens (including phenoxy) is 2. The first kappa shape index (κ1) is 20.5. The fourth-order valence-electron chi connectivity index (χ4n) is 3.85. The van der Waals surface area contributed by atoms with Crippen molar-refractivity contribution in [3.63, 3.8) is 0 Å². The highest BCUT2D eigenvalue weighted by Crippen LogP contribution is 2.32. The zero-order valence-electron chi connectivity index (χ0n) is 17.2. The number of hydrogen-bond donors (Lipinski definition) is 0. The van der Waals surface area contributed by atoms with Gasteiger partial charge < -0.3 is 19.3 Å². The first-order chi connectivity index (χ1) is 15.6. The number of piperazine rings is 1. The molecule has 0 bridgehead atoms. The number of carbonyl (C=O) groups excluding carboxylic acids is 2. The SMILES string of the molecule is O=C(c1ccc(-c2ccc(F)cc2)s1)N1CCN(C(=O)C2COc3ccccc3O2)CC1. The fraction of sp³-hybridized carbons (Fsp3) is 0.250. The van der Waals surface area contributed by atoms with Crippen molar-refractivity contribution in [1.82, 2.24) is 9.80 Å². The summed E-state index contributed by atoms with van der Waals surface area (Å²) in [6.45, 7) is 1.98. The summed E-state index contributed by atoms with van der Waals surface area (Å²) in [5.74, 6) is 0.745. The van der Waals surface area contributed by atoms with E-state index in [4.69, 9.17) is 9.47 Å². The zero-order valence-corrected chi connectivity index (χ0v) is 18.0. The molecule has 2 aromatic carbocycles. The Morgan fingerprint density at radius 1 is 0.875 bits per heavy atom. The van der Waals surface area contributed by atoms with Crippen LogP contribution in [0.2, 0.25) is 0 Å². The van der Waals surface area contributed by atoms with E-state index in [1.165, 1.54) is 23.5 Å². The van der Waals surface area contributed by atoms with E-state index in [1.54, 1.807) is 34.1 Å². The van der Waals surface area contributed by atoms with Crippen LogP contribution in [0.4, 0.5) is 4.39 Å². The van der Waals surface area contributed by atoms with Crippen molar-refractivity contribution in [3.8, 4) is 21.9 Å². The lowest BCUT2D eigenvalue weighted by Crippen LogP contribution is -2.55. The van der Waals surface area contributed by atoms with E-state index in [0.717, 1.165) is 10.4 Å². The quantitative estimate of drug-likeness (QED) is 0.608. The molecule has 2 amide bonds. The second kappa shape index (κ2) is 8.63. The van der Waals surface area contributed by atoms with Crippen LogP contribution in [0.5, 0.6) is 11.5 Å². The minimum absolute atomic E-state index is 0.0540. The van der Waals surface area contributed by atoms with Crippen molar-refractivity contribution in [1.29, 1.82) is 0 Å². The maximum Gasteiger partial charge on any atom is 0.267 e. The molecule has 32 heavy (non-hydrogen) atoms. The summed E-state index contributed by atoms with van der Waals surface area (Å²) in [4.78, 5) is 30.9. The van der Waals surface area contributed by atoms with Gasteiger partial charge in [-0.2, -0.15) is 0 Å². The van der Waals surface area contributed by atoms with Gasteiger partial charge in [0.15, 0.2) is 11.5 Å². The van der Waals surface area contributed by atoms with Gasteiger partial charge in [0.05, 0.1) is 4.88 Å². The van der Waals surface area contributed by atoms with Gasteiger partial charge in [0.1, 0.15) is 12.4 Å². The molecule has 1 aromatic heterocycles. The molecule has 1 saturated heterocycles. The normalized spacial score (nSPS) is 17.8. The van der Waals surface area contributed by atoms with Crippen molar-refractivity contribution in [2.24, 2.45) is 0 Å². The summed E-state index contributed by atoms with van der Waals surface area (Å²) in [6.07, 6.45) is -0.678. The summed E-state index contributed by atoms with van der Waals surface area (Å²) in [5.41, 5.74) is 0.877. The third-order valence-electron chi connectivity index (χ3n) is 5.61. The van der Waals surface area contributed by atoms with E-state index in [2.05, 4.69) is 0 Å². The Labute approximate surface area is 188 Å². The lowest BCUT2D eigenvalue weighted by Gasteiger charge is -2.37. The van der Waals surface area contributed by atoms with Gasteiger partial charge in [0.25, 0.3) is 11.8 Å². The van der Waals surface area contributed by atoms with Crippen molar-refractivity contribution in [2.45, 2.75) is 6.10 Å². The first-order valence-electron chi connectivity index (χ1n) is 10.4. The largest absolute Gasteiger partial charge is 0.485 e. The van der Waals surface area contributed by atoms with Crippen LogP contribution in [0, 0.1) is 5.82 Å². The number of amides is 2. The number of benzene rings is 2. The molecule has 8 heteroatoms. The number of fused-ring (bicyclic) bond motifs is 1. The summed E-state index contributed by atoms with van der Waals surface area (Å²) >= 11 is 1.39. The molecule has 0 radical (unpaired) electrons. The number of carbonyl (C=O) groups is 2. The van der Waals surface area contributed by atoms with E-state index in [-0.39, 0.29) is 24.2 Å². The average Bonchev–Trinajstić information content (AvgIpc) is 3.34. The van der Waals surface area contributed by atoms with Crippen LogP contribution < -0.4 is 9.47 Å². The highest BCUT2D eigenvalue weighted by molar-refractivity contribution is 7.17. The van der Waals surface area contributed by atoms with Crippen LogP contribution >= 0.6 is 11.3 Å². The molecule has 0 spiro atoms. The van der Waals surface area contributed by atoms with Gasteiger partial charge in [0.2, 0.25) is 6.10 Å². The second-order valence-corrected chi connectivity index (χ2v) is 8.74. The van der Waals surface area contributed by atoms with E-state index in [0.29, 0.717) is 42.6 Å². The Bertz CT molecular complexity index is 1140. The van der Waals surface area contributed by atoms with E-state index in [1.807, 2.05) is 24.3 Å². The van der Waals surface area contributed by atoms with Crippen molar-refractivity contribution < 1.29 is 23.5 Å². The zero-order chi connectivity index (χ0) is 22.1. The summed E-state index contributed by atoms with van der Waals surface area (Å²) in [7, 11) is 0. The van der Waals surface area contributed by atoms with Gasteiger partial charge >= 0.3 is 0 Å². The van der Waals surface area contributed by atoms with Crippen LogP contribution in [-0.2, 0) is 4.79 Å². The molecule has 1 fully saturated rings. The lowest BCUT2D eigenvalue weighted by molar-refractivity contribution is -0.142. The topological polar surface area (TPSA) is 59.1 Å². The number of halogens is 1. The molecule has 1 atom stereocenters. The molecule has 2 aliphatic heterocycles. The van der Waals surface area contributed by atoms with Crippen LogP contribution in [0.25, 0.3) is 10.4 Å². The maximum atomic E-state index is 13.2. The highest BCUT2D eigenvalue weighted by Gasteiger charge is 2.33. The maximum absolute atomic E-state index is 13.2. The van der Waals surface area contributed by atoms with Crippen molar-refractivity contribution in [2.75, 3.05) is 32.8 Å². The van der Waals surface area contributed by atoms with Crippen molar-refractivity contribution >= 4 is 23.2 Å². The molecule has 6 nitrogen and oxygen atoms in total. The first-order valence-corrected chi connectivity index (χ1v) is 11.2. The molecule has 0 N–H and O–H groups in total. The lowest BCUT2D eigenvalue weighted by atomic mass is 10.2. The van der Waals surface area contributed by atoms with Gasteiger partial charge in [-0.15, -0.1) is 11.3 Å². The highest BCUT2D eigenvalue weighted by atomic mass is 32.1. The molecule has 3 heterocycles. The fourth-order valence-corrected chi connectivity index (χ4v) is 4.83. The molecule has 0 aliphatic carbocycles. The summed E-state index contributed by atoms with van der Waals surface area (Å²) in [6, 6.07) is 17.2. The minimum atomic E-state index is -0.678. The Balaban J connectivity index is 1.18. The molecule has 2 aliphatic rings. The van der Waals surface area contributed by atoms with Gasteiger partial charge in [0, 0.05) is 31.1 Å². The molecular formula is C24H21FN2O4S. The summed E-state index contributed by atoms with van der Waals surface area (Å²) in [5, 5.41) is 0. The van der Waals surface area contributed by atoms with Crippen molar-refractivity contribution in [3.05, 3.63) is 71.4 Å². The third kappa shape index (κ3) is 4.05. The molecular weight excluding hydrogens is 431 g/mol. The standard InChI is InChI=1S/C24H21FN2O4S/c25-17-7-5-16(6-8-17)21-9-10-22(32-21)24(29)27-13-11-26(12-14-27)23(28)20-15-30-18-3-1-2-4-19(18)31-20/h1-10,20H,11-15H2. The van der Waals surface area contributed by atoms with Gasteiger partial charge in [-0.05, 0) is 42.0 Å². The van der Waals surface area contributed by atoms with Crippen LogP contribution in [0.3, 0.4) is 0 Å². The van der Waals surface area contributed by atoms with E-state index >= 15 is 0 Å². The number of para-hydroxylation sites is 2. The molecule has 3 aromatic rings.